The second-order valence-electron chi connectivity index (χ2n) is 9.45. The van der Waals surface area contributed by atoms with E-state index in [1.807, 2.05) is 102 Å². The Bertz CT molecular complexity index is 1360. The Morgan fingerprint density at radius 3 is 1.18 bits per heavy atom. The highest BCUT2D eigenvalue weighted by Crippen LogP contribution is 2.30. The lowest BCUT2D eigenvalue weighted by atomic mass is 9.85. The Kier molecular flexibility index (Phi) is 12.9. The van der Waals surface area contributed by atoms with Crippen LogP contribution in [0, 0.1) is 0 Å². The SMILES string of the molecule is CC.CC.CC.CC(C)(C)c1cccc(-c2cccc(-c3nc(-c4ccccc4)nc(-c4ccccc4)n3)c2)c1. The van der Waals surface area contributed by atoms with E-state index in [-0.39, 0.29) is 5.41 Å². The topological polar surface area (TPSA) is 38.7 Å². The molecule has 5 aromatic rings. The van der Waals surface area contributed by atoms with E-state index in [4.69, 9.17) is 15.0 Å². The zero-order valence-corrected chi connectivity index (χ0v) is 25.7. The van der Waals surface area contributed by atoms with Crippen LogP contribution in [-0.4, -0.2) is 15.0 Å². The molecule has 5 rings (SSSR count). The highest BCUT2D eigenvalue weighted by molar-refractivity contribution is 5.73. The highest BCUT2D eigenvalue weighted by atomic mass is 15.0. The molecule has 1 aromatic heterocycles. The molecule has 40 heavy (non-hydrogen) atoms. The molecular formula is C37H45N3. The van der Waals surface area contributed by atoms with E-state index in [2.05, 4.69) is 69.3 Å². The molecule has 3 heteroatoms. The molecule has 1 heterocycles. The van der Waals surface area contributed by atoms with Gasteiger partial charge in [0.05, 0.1) is 0 Å². The first-order valence-corrected chi connectivity index (χ1v) is 14.6. The maximum absolute atomic E-state index is 4.87. The molecule has 0 aliphatic heterocycles. The summed E-state index contributed by atoms with van der Waals surface area (Å²) in [5.74, 6) is 2.01. The lowest BCUT2D eigenvalue weighted by molar-refractivity contribution is 0.590. The molecule has 0 unspecified atom stereocenters. The van der Waals surface area contributed by atoms with Crippen LogP contribution in [-0.2, 0) is 5.41 Å². The summed E-state index contributed by atoms with van der Waals surface area (Å²) in [6.45, 7) is 18.7. The molecule has 0 saturated heterocycles. The Labute approximate surface area is 242 Å². The maximum Gasteiger partial charge on any atom is 0.164 e. The van der Waals surface area contributed by atoms with Crippen molar-refractivity contribution in [1.82, 2.24) is 15.0 Å². The standard InChI is InChI=1S/C31H27N3.3C2H6/c1-31(2,3)27-19-11-17-25(21-27)24-16-10-18-26(20-24)30-33-28(22-12-6-4-7-13-22)32-29(34-30)23-14-8-5-9-15-23;3*1-2/h4-21H,1-3H3;3*1-2H3. The fourth-order valence-corrected chi connectivity index (χ4v) is 3.94. The number of nitrogens with zero attached hydrogens (tertiary/aromatic N) is 3. The number of rotatable bonds is 4. The third-order valence-corrected chi connectivity index (χ3v) is 5.88. The normalized spacial score (nSPS) is 10.1. The number of aromatic nitrogens is 3. The number of hydrogen-bond acceptors (Lipinski definition) is 3. The van der Waals surface area contributed by atoms with Gasteiger partial charge >= 0.3 is 0 Å². The molecule has 0 amide bonds. The van der Waals surface area contributed by atoms with Crippen molar-refractivity contribution in [3.8, 4) is 45.3 Å². The number of benzene rings is 4. The first-order valence-electron chi connectivity index (χ1n) is 14.6. The van der Waals surface area contributed by atoms with E-state index in [0.717, 1.165) is 22.3 Å². The van der Waals surface area contributed by atoms with E-state index < -0.39 is 0 Å². The molecule has 0 spiro atoms. The van der Waals surface area contributed by atoms with Crippen molar-refractivity contribution >= 4 is 0 Å². The van der Waals surface area contributed by atoms with Crippen LogP contribution in [0.5, 0.6) is 0 Å². The molecule has 0 N–H and O–H groups in total. The van der Waals surface area contributed by atoms with E-state index in [9.17, 15) is 0 Å². The molecule has 0 radical (unpaired) electrons. The fraction of sp³-hybridized carbons (Fsp3) is 0.270. The van der Waals surface area contributed by atoms with Gasteiger partial charge in [0.15, 0.2) is 17.5 Å². The molecule has 0 aliphatic carbocycles. The maximum atomic E-state index is 4.87. The second-order valence-corrected chi connectivity index (χ2v) is 9.45. The Morgan fingerprint density at radius 1 is 0.375 bits per heavy atom. The summed E-state index contributed by atoms with van der Waals surface area (Å²) >= 11 is 0. The van der Waals surface area contributed by atoms with Gasteiger partial charge in [0.1, 0.15) is 0 Å². The Balaban J connectivity index is 0.000000876. The van der Waals surface area contributed by atoms with Crippen molar-refractivity contribution in [3.05, 3.63) is 115 Å². The van der Waals surface area contributed by atoms with Gasteiger partial charge in [-0.05, 0) is 28.2 Å². The summed E-state index contributed by atoms with van der Waals surface area (Å²) < 4.78 is 0. The molecule has 208 valence electrons. The van der Waals surface area contributed by atoms with Crippen molar-refractivity contribution in [1.29, 1.82) is 0 Å². The summed E-state index contributed by atoms with van der Waals surface area (Å²) in [5.41, 5.74) is 6.65. The first kappa shape index (κ1) is 32.1. The molecule has 0 atom stereocenters. The van der Waals surface area contributed by atoms with E-state index >= 15 is 0 Å². The summed E-state index contributed by atoms with van der Waals surface area (Å²) in [5, 5.41) is 0. The van der Waals surface area contributed by atoms with Gasteiger partial charge in [0.25, 0.3) is 0 Å². The largest absolute Gasteiger partial charge is 0.208 e. The van der Waals surface area contributed by atoms with Crippen LogP contribution in [0.1, 0.15) is 67.9 Å². The molecule has 0 aliphatic rings. The van der Waals surface area contributed by atoms with Crippen LogP contribution >= 0.6 is 0 Å². The van der Waals surface area contributed by atoms with E-state index in [0.29, 0.717) is 17.5 Å². The summed E-state index contributed by atoms with van der Waals surface area (Å²) in [7, 11) is 0. The summed E-state index contributed by atoms with van der Waals surface area (Å²) in [6.07, 6.45) is 0. The van der Waals surface area contributed by atoms with Gasteiger partial charge in [0.2, 0.25) is 0 Å². The minimum Gasteiger partial charge on any atom is -0.208 e. The third-order valence-electron chi connectivity index (χ3n) is 5.88. The predicted molar refractivity (Wildman–Crippen MR) is 174 cm³/mol. The molecule has 0 bridgehead atoms. The van der Waals surface area contributed by atoms with Crippen LogP contribution in [0.15, 0.2) is 109 Å². The molecule has 4 aromatic carbocycles. The predicted octanol–water partition coefficient (Wildman–Crippen LogP) is 10.9. The van der Waals surface area contributed by atoms with Gasteiger partial charge in [0, 0.05) is 16.7 Å². The van der Waals surface area contributed by atoms with E-state index in [1.165, 1.54) is 11.1 Å². The van der Waals surface area contributed by atoms with Crippen LogP contribution in [0.2, 0.25) is 0 Å². The zero-order chi connectivity index (χ0) is 29.5. The minimum absolute atomic E-state index is 0.0942. The number of hydrogen-bond donors (Lipinski definition) is 0. The monoisotopic (exact) mass is 531 g/mol. The van der Waals surface area contributed by atoms with Crippen molar-refractivity contribution in [3.63, 3.8) is 0 Å². The molecular weight excluding hydrogens is 486 g/mol. The third kappa shape index (κ3) is 8.44. The van der Waals surface area contributed by atoms with Crippen molar-refractivity contribution in [2.75, 3.05) is 0 Å². The van der Waals surface area contributed by atoms with Gasteiger partial charge in [-0.15, -0.1) is 0 Å². The van der Waals surface area contributed by atoms with Crippen molar-refractivity contribution in [2.24, 2.45) is 0 Å². The van der Waals surface area contributed by atoms with Gasteiger partial charge in [-0.2, -0.15) is 0 Å². The van der Waals surface area contributed by atoms with Crippen LogP contribution in [0.25, 0.3) is 45.3 Å². The van der Waals surface area contributed by atoms with Crippen molar-refractivity contribution < 1.29 is 0 Å². The van der Waals surface area contributed by atoms with Crippen LogP contribution in [0.4, 0.5) is 0 Å². The average Bonchev–Trinajstić information content (AvgIpc) is 3.04. The van der Waals surface area contributed by atoms with Gasteiger partial charge in [-0.3, -0.25) is 0 Å². The minimum atomic E-state index is 0.0942. The highest BCUT2D eigenvalue weighted by Gasteiger charge is 2.15. The lowest BCUT2D eigenvalue weighted by Gasteiger charge is -2.20. The van der Waals surface area contributed by atoms with Crippen LogP contribution in [0.3, 0.4) is 0 Å². The van der Waals surface area contributed by atoms with Crippen molar-refractivity contribution in [2.45, 2.75) is 67.7 Å². The first-order chi connectivity index (χ1) is 19.5. The fourth-order valence-electron chi connectivity index (χ4n) is 3.94. The molecule has 3 nitrogen and oxygen atoms in total. The average molecular weight is 532 g/mol. The van der Waals surface area contributed by atoms with Gasteiger partial charge in [-0.1, -0.05) is 165 Å². The zero-order valence-electron chi connectivity index (χ0n) is 25.7. The quantitative estimate of drug-likeness (QED) is 0.231. The Morgan fingerprint density at radius 2 is 0.725 bits per heavy atom. The van der Waals surface area contributed by atoms with Crippen LogP contribution < -0.4 is 0 Å². The second kappa shape index (κ2) is 16.1. The summed E-state index contributed by atoms with van der Waals surface area (Å²) in [4.78, 5) is 14.5. The lowest BCUT2D eigenvalue weighted by Crippen LogP contribution is -2.10. The van der Waals surface area contributed by atoms with Gasteiger partial charge < -0.3 is 0 Å². The summed E-state index contributed by atoms with van der Waals surface area (Å²) in [6, 6.07) is 37.3. The van der Waals surface area contributed by atoms with Gasteiger partial charge in [-0.25, -0.2) is 15.0 Å². The smallest absolute Gasteiger partial charge is 0.164 e. The molecule has 0 saturated carbocycles. The molecule has 0 fully saturated rings. The van der Waals surface area contributed by atoms with E-state index in [1.54, 1.807) is 0 Å². The Hall–Kier alpha value is -4.11.